The molecule has 0 aromatic heterocycles. The van der Waals surface area contributed by atoms with Gasteiger partial charge in [-0.25, -0.2) is 4.18 Å². The van der Waals surface area contributed by atoms with Crippen molar-refractivity contribution in [3.63, 3.8) is 0 Å². The molecule has 8 rings (SSSR count). The van der Waals surface area contributed by atoms with E-state index < -0.39 is 163 Å². The van der Waals surface area contributed by atoms with Crippen LogP contribution in [0, 0.1) is 40.4 Å². The first kappa shape index (κ1) is 58.8. The predicted molar refractivity (Wildman–Crippen MR) is 257 cm³/mol. The average Bonchev–Trinajstić information content (AvgIpc) is 3.70. The van der Waals surface area contributed by atoms with Crippen LogP contribution in [-0.4, -0.2) is 205 Å². The number of aliphatic hydroxyl groups excluding tert-OH is 9. The van der Waals surface area contributed by atoms with Gasteiger partial charge in [-0.15, -0.1) is 0 Å². The van der Waals surface area contributed by atoms with E-state index >= 15 is 0 Å². The van der Waals surface area contributed by atoms with Crippen molar-refractivity contribution in [3.8, 4) is 0 Å². The zero-order valence-electron chi connectivity index (χ0n) is 43.7. The van der Waals surface area contributed by atoms with Gasteiger partial charge in [-0.2, -0.15) is 8.42 Å². The van der Waals surface area contributed by atoms with Crippen LogP contribution in [0.4, 0.5) is 0 Å². The van der Waals surface area contributed by atoms with Gasteiger partial charge in [-0.1, -0.05) is 51.5 Å². The Bertz CT molecular complexity index is 2100. The Hall–Kier alpha value is -1.37. The van der Waals surface area contributed by atoms with Crippen molar-refractivity contribution in [1.82, 2.24) is 0 Å². The highest BCUT2D eigenvalue weighted by molar-refractivity contribution is 7.80. The molecule has 426 valence electrons. The summed E-state index contributed by atoms with van der Waals surface area (Å²) in [6, 6.07) is 0. The van der Waals surface area contributed by atoms with Gasteiger partial charge < -0.3 is 89.0 Å². The van der Waals surface area contributed by atoms with Crippen molar-refractivity contribution in [2.75, 3.05) is 6.61 Å². The maximum Gasteiger partial charge on any atom is 0.397 e. The summed E-state index contributed by atoms with van der Waals surface area (Å²) in [6.45, 7) is 18.7. The number of allylic oxidation sites excluding steroid dienone is 3. The molecule has 4 aliphatic heterocycles. The second kappa shape index (κ2) is 22.3. The maximum atomic E-state index is 12.3. The molecule has 0 amide bonds. The van der Waals surface area contributed by atoms with Crippen LogP contribution in [0.15, 0.2) is 23.8 Å². The van der Waals surface area contributed by atoms with E-state index in [-0.39, 0.29) is 29.6 Å². The molecule has 22 nitrogen and oxygen atoms in total. The Labute approximate surface area is 433 Å². The molecule has 4 aliphatic carbocycles. The Morgan fingerprint density at radius 1 is 0.716 bits per heavy atom. The highest BCUT2D eigenvalue weighted by Crippen LogP contribution is 2.67. The number of fused-ring (bicyclic) bond motifs is 5. The van der Waals surface area contributed by atoms with Crippen LogP contribution < -0.4 is 0 Å². The summed E-state index contributed by atoms with van der Waals surface area (Å²) < 4.78 is 88.0. The summed E-state index contributed by atoms with van der Waals surface area (Å²) in [5, 5.41) is 112. The minimum atomic E-state index is -4.82. The van der Waals surface area contributed by atoms with Crippen molar-refractivity contribution in [1.29, 1.82) is 0 Å². The first-order valence-electron chi connectivity index (χ1n) is 26.6. The first-order chi connectivity index (χ1) is 34.5. The predicted octanol–water partition coefficient (Wildman–Crippen LogP) is 0.486. The van der Waals surface area contributed by atoms with Gasteiger partial charge in [0.2, 0.25) is 0 Å². The number of hydrogen-bond acceptors (Lipinski definition) is 21. The monoisotopic (exact) mass is 1080 g/mol. The molecule has 0 aromatic rings. The Morgan fingerprint density at radius 3 is 1.86 bits per heavy atom. The normalized spacial score (nSPS) is 50.8. The average molecular weight is 1080 g/mol. The van der Waals surface area contributed by atoms with Crippen molar-refractivity contribution in [3.05, 3.63) is 23.8 Å². The fourth-order valence-electron chi connectivity index (χ4n) is 14.1. The summed E-state index contributed by atoms with van der Waals surface area (Å²) >= 11 is 0. The maximum absolute atomic E-state index is 12.3. The fraction of sp³-hybridized carbons (Fsp3) is 0.922. The van der Waals surface area contributed by atoms with Crippen molar-refractivity contribution in [2.24, 2.45) is 40.4 Å². The largest absolute Gasteiger partial charge is 0.397 e. The Balaban J connectivity index is 1.06. The molecule has 3 saturated carbocycles. The van der Waals surface area contributed by atoms with Crippen LogP contribution in [0.5, 0.6) is 0 Å². The highest BCUT2D eigenvalue weighted by Gasteiger charge is 2.63. The van der Waals surface area contributed by atoms with E-state index in [1.165, 1.54) is 26.3 Å². The summed E-state index contributed by atoms with van der Waals surface area (Å²) in [5.41, 5.74) is 0.505. The molecule has 0 bridgehead atoms. The van der Waals surface area contributed by atoms with Gasteiger partial charge in [0.1, 0.15) is 73.2 Å². The van der Waals surface area contributed by atoms with Crippen LogP contribution >= 0.6 is 0 Å². The summed E-state index contributed by atoms with van der Waals surface area (Å²) in [6.07, 6.45) is -23.8. The number of ether oxygens (including phenoxy) is 8. The molecule has 28 atom stereocenters. The zero-order valence-corrected chi connectivity index (χ0v) is 44.5. The SMILES string of the molecule is C=C(CC[C@](C)(O)[C@H]1CC[C@H]2[C@@H]3C[C@H](O[C@@H]4O[C@H](C)[C@@H](O)[C@H](O[C@@H]5OC[C@@H](O[C@@H]6O[C@H](C)[C@H](O)[C@H](O)[C@H]6O)[C@H](O)[C@H]5O[C@@H]5O[C@H](C)[C@@H](O)[C@H](O)[C@H]5O)[C@H]4O)[C@H]4C[C@@H](OS(=O)(=O)O)CC[C@]4(C)C3=CC[C@@]21C)C(C)C. The molecule has 0 radical (unpaired) electrons. The topological polar surface area (TPSA) is 340 Å². The van der Waals surface area contributed by atoms with Gasteiger partial charge in [-0.05, 0) is 126 Å². The summed E-state index contributed by atoms with van der Waals surface area (Å²) in [7, 11) is -4.82. The van der Waals surface area contributed by atoms with Crippen molar-refractivity contribution < 1.29 is 106 Å². The Morgan fingerprint density at radius 2 is 1.27 bits per heavy atom. The van der Waals surface area contributed by atoms with Gasteiger partial charge in [-0.3, -0.25) is 4.55 Å². The second-order valence-electron chi connectivity index (χ2n) is 23.9. The molecule has 4 heterocycles. The molecule has 74 heavy (non-hydrogen) atoms. The number of rotatable bonds is 15. The molecular formula is C51H84O22S. The van der Waals surface area contributed by atoms with Crippen LogP contribution in [0.2, 0.25) is 0 Å². The van der Waals surface area contributed by atoms with Crippen molar-refractivity contribution in [2.45, 2.75) is 248 Å². The van der Waals surface area contributed by atoms with Crippen LogP contribution in [0.1, 0.15) is 113 Å². The summed E-state index contributed by atoms with van der Waals surface area (Å²) in [4.78, 5) is 0. The van der Waals surface area contributed by atoms with Crippen molar-refractivity contribution >= 4 is 10.4 Å². The van der Waals surface area contributed by atoms with E-state index in [1.807, 2.05) is 6.92 Å². The zero-order chi connectivity index (χ0) is 54.3. The van der Waals surface area contributed by atoms with Gasteiger partial charge in [0.05, 0.1) is 42.7 Å². The third-order valence-corrected chi connectivity index (χ3v) is 19.3. The third kappa shape index (κ3) is 11.4. The van der Waals surface area contributed by atoms with E-state index in [9.17, 15) is 64.0 Å². The molecule has 0 aromatic carbocycles. The first-order valence-corrected chi connectivity index (χ1v) is 27.9. The van der Waals surface area contributed by atoms with E-state index in [0.29, 0.717) is 38.0 Å². The van der Waals surface area contributed by atoms with Crippen LogP contribution in [-0.2, 0) is 52.5 Å². The molecular weight excluding hydrogens is 997 g/mol. The van der Waals surface area contributed by atoms with Crippen LogP contribution in [0.3, 0.4) is 0 Å². The quantitative estimate of drug-likeness (QED) is 0.0785. The summed E-state index contributed by atoms with van der Waals surface area (Å²) in [5.74, 6) is -0.0583. The molecule has 7 fully saturated rings. The molecule has 0 spiro atoms. The fourth-order valence-corrected chi connectivity index (χ4v) is 14.6. The van der Waals surface area contributed by atoms with E-state index in [2.05, 4.69) is 40.3 Å². The van der Waals surface area contributed by atoms with E-state index in [1.54, 1.807) is 0 Å². The molecule has 11 N–H and O–H groups in total. The molecule has 23 heteroatoms. The number of hydrogen-bond donors (Lipinski definition) is 11. The van der Waals surface area contributed by atoms with Gasteiger partial charge in [0, 0.05) is 0 Å². The minimum Gasteiger partial charge on any atom is -0.390 e. The van der Waals surface area contributed by atoms with Gasteiger partial charge in [0.15, 0.2) is 25.2 Å². The molecule has 4 saturated heterocycles. The number of aliphatic hydroxyl groups is 10. The van der Waals surface area contributed by atoms with Crippen LogP contribution in [0.25, 0.3) is 0 Å². The standard InChI is InChI=1S/C51H84O22S/c1-21(2)22(3)12-17-51(9,61)33-11-10-28-27-19-31(30-18-26(73-74(62,63)64)13-15-49(30,7)29(27)14-16-50(28,33)8)69-47-42(60)43(36(54)25(6)68-47)71-48-44(72-46-41(59)39(57)35(53)24(5)67-46)37(55)32(20-65-48)70-45-40(58)38(56)34(52)23(4)66-45/h14,21,23-28,30-48,52-61H,3,10-13,15-20H2,1-2,4-9H3,(H,62,63,64)/t23-,24-,25-,26+,27+,28+,30-,31+,32-,33+,34+,35-,36-,37+,38+,39+,40-,41-,42-,43+,44-,45+,46+,47+,48+,49-,50+,51+/m1/s1. The second-order valence-corrected chi connectivity index (χ2v) is 24.9. The highest BCUT2D eigenvalue weighted by atomic mass is 32.3. The third-order valence-electron chi connectivity index (χ3n) is 18.8. The minimum absolute atomic E-state index is 0.0220. The lowest BCUT2D eigenvalue weighted by atomic mass is 9.47. The molecule has 0 unspecified atom stereocenters. The molecule has 8 aliphatic rings. The van der Waals surface area contributed by atoms with E-state index in [4.69, 9.17) is 42.1 Å². The Kier molecular flexibility index (Phi) is 17.7. The van der Waals surface area contributed by atoms with Gasteiger partial charge in [0.25, 0.3) is 0 Å². The smallest absolute Gasteiger partial charge is 0.390 e. The lowest BCUT2D eigenvalue weighted by Crippen LogP contribution is -2.66. The lowest BCUT2D eigenvalue weighted by Gasteiger charge is -2.60. The van der Waals surface area contributed by atoms with Gasteiger partial charge >= 0.3 is 10.4 Å². The van der Waals surface area contributed by atoms with E-state index in [0.717, 1.165) is 24.8 Å². The lowest BCUT2D eigenvalue weighted by molar-refractivity contribution is -0.389.